The number of Topliss-reactive ketones (excluding diaryl/α,β-unsaturated/α-hetero) is 1. The molecular weight excluding hydrogens is 440 g/mol. The van der Waals surface area contributed by atoms with E-state index in [9.17, 15) is 14.7 Å². The van der Waals surface area contributed by atoms with Crippen molar-refractivity contribution in [1.29, 1.82) is 0 Å². The number of hydrogen-bond donors (Lipinski definition) is 1. The van der Waals surface area contributed by atoms with Crippen LogP contribution in [0.1, 0.15) is 55.5 Å². The van der Waals surface area contributed by atoms with Gasteiger partial charge in [0.15, 0.2) is 0 Å². The van der Waals surface area contributed by atoms with Crippen molar-refractivity contribution in [2.75, 3.05) is 39.4 Å². The largest absolute Gasteiger partial charge is 0.507 e. The summed E-state index contributed by atoms with van der Waals surface area (Å²) in [6.45, 7) is 12.9. The average Bonchev–Trinajstić information content (AvgIpc) is 3.09. The van der Waals surface area contributed by atoms with Gasteiger partial charge in [-0.15, -0.1) is 0 Å². The normalized spacial score (nSPS) is 21.0. The minimum absolute atomic E-state index is 0.0135. The van der Waals surface area contributed by atoms with E-state index in [1.165, 1.54) is 5.56 Å². The van der Waals surface area contributed by atoms with Gasteiger partial charge in [-0.1, -0.05) is 74.9 Å². The van der Waals surface area contributed by atoms with Crippen LogP contribution in [0.5, 0.6) is 0 Å². The van der Waals surface area contributed by atoms with Crippen molar-refractivity contribution < 1.29 is 19.4 Å². The summed E-state index contributed by atoms with van der Waals surface area (Å²) in [4.78, 5) is 30.4. The summed E-state index contributed by atoms with van der Waals surface area (Å²) in [5.41, 5.74) is 3.74. The average molecular weight is 477 g/mol. The molecular formula is C29H36N2O4. The van der Waals surface area contributed by atoms with Crippen LogP contribution in [-0.4, -0.2) is 66.0 Å². The lowest BCUT2D eigenvalue weighted by atomic mass is 9.85. The summed E-state index contributed by atoms with van der Waals surface area (Å²) in [6, 6.07) is 14.8. The monoisotopic (exact) mass is 476 g/mol. The first-order valence-electron chi connectivity index (χ1n) is 12.4. The molecule has 0 bridgehead atoms. The number of ether oxygens (including phenoxy) is 1. The molecule has 4 rings (SSSR count). The zero-order valence-electron chi connectivity index (χ0n) is 21.2. The molecule has 35 heavy (non-hydrogen) atoms. The number of ketones is 1. The molecule has 1 amide bonds. The summed E-state index contributed by atoms with van der Waals surface area (Å²) in [5.74, 6) is -1.30. The third kappa shape index (κ3) is 5.49. The second-order valence-corrected chi connectivity index (χ2v) is 10.5. The van der Waals surface area contributed by atoms with E-state index in [4.69, 9.17) is 4.74 Å². The Bertz CT molecular complexity index is 1090. The standard InChI is InChI=1S/C29H36N2O4/c1-20-6-8-22(9-7-20)26(32)24-25(21-10-12-23(13-11-21)29(2,3)4)31(28(34)27(24)33)15-5-14-30-16-18-35-19-17-30/h6-13,25,32H,5,14-19H2,1-4H3/b26-24+. The maximum Gasteiger partial charge on any atom is 0.295 e. The maximum atomic E-state index is 13.2. The molecule has 6 heteroatoms. The molecule has 2 aliphatic rings. The highest BCUT2D eigenvalue weighted by Crippen LogP contribution is 2.40. The number of morpholine rings is 1. The Kier molecular flexibility index (Phi) is 7.43. The van der Waals surface area contributed by atoms with Crippen LogP contribution in [-0.2, 0) is 19.7 Å². The highest BCUT2D eigenvalue weighted by Gasteiger charge is 2.45. The van der Waals surface area contributed by atoms with Crippen molar-refractivity contribution in [2.24, 2.45) is 0 Å². The van der Waals surface area contributed by atoms with Gasteiger partial charge < -0.3 is 14.7 Å². The third-order valence-corrected chi connectivity index (χ3v) is 6.93. The lowest BCUT2D eigenvalue weighted by molar-refractivity contribution is -0.140. The Morgan fingerprint density at radius 1 is 0.971 bits per heavy atom. The molecule has 0 radical (unpaired) electrons. The predicted molar refractivity (Wildman–Crippen MR) is 137 cm³/mol. The SMILES string of the molecule is Cc1ccc(/C(O)=C2\C(=O)C(=O)N(CCCN3CCOCC3)C2c2ccc(C(C)(C)C)cc2)cc1. The van der Waals surface area contributed by atoms with Crippen molar-refractivity contribution in [3.63, 3.8) is 0 Å². The zero-order chi connectivity index (χ0) is 25.2. The highest BCUT2D eigenvalue weighted by atomic mass is 16.5. The summed E-state index contributed by atoms with van der Waals surface area (Å²) in [5, 5.41) is 11.2. The van der Waals surface area contributed by atoms with Gasteiger partial charge in [-0.2, -0.15) is 0 Å². The van der Waals surface area contributed by atoms with Gasteiger partial charge in [0.05, 0.1) is 24.8 Å². The van der Waals surface area contributed by atoms with Crippen LogP contribution in [0.15, 0.2) is 54.1 Å². The number of rotatable bonds is 6. The summed E-state index contributed by atoms with van der Waals surface area (Å²) in [6.07, 6.45) is 0.744. The number of aliphatic hydroxyl groups excluding tert-OH is 1. The predicted octanol–water partition coefficient (Wildman–Crippen LogP) is 4.44. The van der Waals surface area contributed by atoms with Crippen molar-refractivity contribution in [3.8, 4) is 0 Å². The van der Waals surface area contributed by atoms with Crippen molar-refractivity contribution in [1.82, 2.24) is 9.80 Å². The number of carbonyl (C=O) groups is 2. The van der Waals surface area contributed by atoms with Gasteiger partial charge >= 0.3 is 0 Å². The van der Waals surface area contributed by atoms with Crippen LogP contribution in [0.4, 0.5) is 0 Å². The van der Waals surface area contributed by atoms with Crippen LogP contribution in [0.3, 0.4) is 0 Å². The summed E-state index contributed by atoms with van der Waals surface area (Å²) < 4.78 is 5.42. The Labute approximate surface area is 208 Å². The topological polar surface area (TPSA) is 70.1 Å². The molecule has 2 aromatic rings. The minimum Gasteiger partial charge on any atom is -0.507 e. The van der Waals surface area contributed by atoms with Gasteiger partial charge in [0.1, 0.15) is 5.76 Å². The van der Waals surface area contributed by atoms with Gasteiger partial charge in [-0.3, -0.25) is 14.5 Å². The molecule has 0 saturated carbocycles. The number of benzene rings is 2. The molecule has 1 unspecified atom stereocenters. The second kappa shape index (κ2) is 10.3. The van der Waals surface area contributed by atoms with Gasteiger partial charge in [0.25, 0.3) is 11.7 Å². The fourth-order valence-corrected chi connectivity index (χ4v) is 4.78. The minimum atomic E-state index is -0.626. The van der Waals surface area contributed by atoms with E-state index in [0.29, 0.717) is 12.1 Å². The number of carbonyl (C=O) groups excluding carboxylic acids is 2. The van der Waals surface area contributed by atoms with Crippen molar-refractivity contribution in [2.45, 2.75) is 45.6 Å². The molecule has 2 aromatic carbocycles. The Morgan fingerprint density at radius 2 is 1.60 bits per heavy atom. The zero-order valence-corrected chi connectivity index (χ0v) is 21.2. The number of likely N-dealkylation sites (tertiary alicyclic amines) is 1. The molecule has 0 aliphatic carbocycles. The highest BCUT2D eigenvalue weighted by molar-refractivity contribution is 6.46. The molecule has 2 aliphatic heterocycles. The molecule has 1 N–H and O–H groups in total. The smallest absolute Gasteiger partial charge is 0.295 e. The molecule has 2 fully saturated rings. The lowest BCUT2D eigenvalue weighted by Crippen LogP contribution is -2.39. The Morgan fingerprint density at radius 3 is 2.20 bits per heavy atom. The quantitative estimate of drug-likeness (QED) is 0.379. The van der Waals surface area contributed by atoms with E-state index in [1.54, 1.807) is 17.0 Å². The van der Waals surface area contributed by atoms with Crippen LogP contribution < -0.4 is 0 Å². The summed E-state index contributed by atoms with van der Waals surface area (Å²) in [7, 11) is 0. The number of nitrogens with zero attached hydrogens (tertiary/aromatic N) is 2. The molecule has 2 heterocycles. The molecule has 6 nitrogen and oxygen atoms in total. The van der Waals surface area contributed by atoms with E-state index >= 15 is 0 Å². The molecule has 2 saturated heterocycles. The number of amides is 1. The second-order valence-electron chi connectivity index (χ2n) is 10.5. The van der Waals surface area contributed by atoms with E-state index in [0.717, 1.165) is 50.4 Å². The van der Waals surface area contributed by atoms with Crippen LogP contribution in [0.2, 0.25) is 0 Å². The van der Waals surface area contributed by atoms with Gasteiger partial charge in [0.2, 0.25) is 0 Å². The maximum absolute atomic E-state index is 13.2. The fourth-order valence-electron chi connectivity index (χ4n) is 4.78. The molecule has 186 valence electrons. The number of aryl methyl sites for hydroxylation is 1. The van der Waals surface area contributed by atoms with Crippen molar-refractivity contribution in [3.05, 3.63) is 76.4 Å². The molecule has 1 atom stereocenters. The lowest BCUT2D eigenvalue weighted by Gasteiger charge is -2.29. The van der Waals surface area contributed by atoms with E-state index < -0.39 is 17.7 Å². The Hall–Kier alpha value is -2.96. The number of hydrogen-bond acceptors (Lipinski definition) is 5. The van der Waals surface area contributed by atoms with E-state index in [-0.39, 0.29) is 16.7 Å². The van der Waals surface area contributed by atoms with Gasteiger partial charge in [-0.25, -0.2) is 0 Å². The first kappa shape index (κ1) is 25.1. The molecule has 0 spiro atoms. The first-order valence-corrected chi connectivity index (χ1v) is 12.4. The van der Waals surface area contributed by atoms with Crippen LogP contribution >= 0.6 is 0 Å². The van der Waals surface area contributed by atoms with Crippen LogP contribution in [0.25, 0.3) is 5.76 Å². The number of aliphatic hydroxyl groups is 1. The third-order valence-electron chi connectivity index (χ3n) is 6.93. The van der Waals surface area contributed by atoms with E-state index in [1.807, 2.05) is 31.2 Å². The summed E-state index contributed by atoms with van der Waals surface area (Å²) >= 11 is 0. The van der Waals surface area contributed by atoms with Crippen LogP contribution in [0, 0.1) is 6.92 Å². The van der Waals surface area contributed by atoms with Crippen molar-refractivity contribution >= 4 is 17.4 Å². The Balaban J connectivity index is 1.68. The van der Waals surface area contributed by atoms with Gasteiger partial charge in [0, 0.05) is 31.7 Å². The van der Waals surface area contributed by atoms with E-state index in [2.05, 4.69) is 37.8 Å². The first-order chi connectivity index (χ1) is 16.7. The fraction of sp³-hybridized carbons (Fsp3) is 0.448. The van der Waals surface area contributed by atoms with Gasteiger partial charge in [-0.05, 0) is 29.9 Å². The molecule has 0 aromatic heterocycles.